The summed E-state index contributed by atoms with van der Waals surface area (Å²) in [6, 6.07) is 7.53. The second-order valence-electron chi connectivity index (χ2n) is 9.86. The number of rotatable bonds is 10. The maximum absolute atomic E-state index is 6.53. The van der Waals surface area contributed by atoms with Gasteiger partial charge in [0.2, 0.25) is 0 Å². The molecule has 0 bridgehead atoms. The summed E-state index contributed by atoms with van der Waals surface area (Å²) in [7, 11) is 1.75. The molecule has 174 valence electrons. The van der Waals surface area contributed by atoms with Crippen molar-refractivity contribution in [3.63, 3.8) is 0 Å². The first-order valence-electron chi connectivity index (χ1n) is 11.8. The number of nitrogens with one attached hydrogen (secondary N) is 3. The Morgan fingerprint density at radius 1 is 1.12 bits per heavy atom. The third kappa shape index (κ3) is 6.33. The van der Waals surface area contributed by atoms with E-state index in [1.165, 1.54) is 12.8 Å². The van der Waals surface area contributed by atoms with Gasteiger partial charge in [-0.2, -0.15) is 0 Å². The second-order valence-corrected chi connectivity index (χ2v) is 10.3. The van der Waals surface area contributed by atoms with Gasteiger partial charge in [0, 0.05) is 49.7 Å². The fraction of sp³-hybridized carbons (Fsp3) is 0.600. The fourth-order valence-corrected chi connectivity index (χ4v) is 4.65. The number of nitrogens with zero attached hydrogens (tertiary/aromatic N) is 2. The number of methoxy groups -OCH3 is 1. The largest absolute Gasteiger partial charge is 0.383 e. The van der Waals surface area contributed by atoms with Gasteiger partial charge in [0.15, 0.2) is 0 Å². The van der Waals surface area contributed by atoms with Crippen molar-refractivity contribution in [1.29, 1.82) is 0 Å². The van der Waals surface area contributed by atoms with E-state index in [0.29, 0.717) is 28.6 Å². The minimum atomic E-state index is 0.391. The third-order valence-corrected chi connectivity index (χ3v) is 7.04. The van der Waals surface area contributed by atoms with Gasteiger partial charge in [-0.1, -0.05) is 18.5 Å². The van der Waals surface area contributed by atoms with Crippen molar-refractivity contribution in [1.82, 2.24) is 15.3 Å². The van der Waals surface area contributed by atoms with Crippen LogP contribution in [0.25, 0.3) is 11.1 Å². The molecule has 3 N–H and O–H groups in total. The van der Waals surface area contributed by atoms with E-state index in [1.807, 2.05) is 12.3 Å². The highest BCUT2D eigenvalue weighted by Gasteiger charge is 2.36. The van der Waals surface area contributed by atoms with Crippen LogP contribution in [0.4, 0.5) is 11.6 Å². The molecule has 0 radical (unpaired) electrons. The lowest BCUT2D eigenvalue weighted by Gasteiger charge is -2.32. The van der Waals surface area contributed by atoms with Crippen LogP contribution in [0.15, 0.2) is 30.6 Å². The van der Waals surface area contributed by atoms with Crippen molar-refractivity contribution in [3.05, 3.63) is 35.6 Å². The van der Waals surface area contributed by atoms with Crippen LogP contribution in [0.3, 0.4) is 0 Å². The number of hydrogen-bond acceptors (Lipinski definition) is 6. The van der Waals surface area contributed by atoms with E-state index < -0.39 is 0 Å². The smallest absolute Gasteiger partial charge is 0.126 e. The number of halogens is 1. The molecule has 6 nitrogen and oxygen atoms in total. The quantitative estimate of drug-likeness (QED) is 0.446. The van der Waals surface area contributed by atoms with Gasteiger partial charge in [-0.25, -0.2) is 9.97 Å². The Bertz CT molecular complexity index is 896. The topological polar surface area (TPSA) is 71.1 Å². The Balaban J connectivity index is 1.36. The summed E-state index contributed by atoms with van der Waals surface area (Å²) in [5, 5.41) is 11.4. The number of hydrogen-bond donors (Lipinski definition) is 3. The Morgan fingerprint density at radius 3 is 2.59 bits per heavy atom. The summed E-state index contributed by atoms with van der Waals surface area (Å²) < 4.78 is 5.24. The maximum Gasteiger partial charge on any atom is 0.126 e. The Morgan fingerprint density at radius 2 is 1.88 bits per heavy atom. The molecular weight excluding hydrogens is 422 g/mol. The molecule has 0 spiro atoms. The van der Waals surface area contributed by atoms with E-state index in [-0.39, 0.29) is 0 Å². The highest BCUT2D eigenvalue weighted by atomic mass is 35.5. The van der Waals surface area contributed by atoms with Crippen molar-refractivity contribution in [3.8, 4) is 11.1 Å². The summed E-state index contributed by atoms with van der Waals surface area (Å²) in [6.45, 7) is 6.20. The van der Waals surface area contributed by atoms with Crippen LogP contribution in [0.2, 0.25) is 5.02 Å². The highest BCUT2D eigenvalue weighted by molar-refractivity contribution is 6.33. The predicted molar refractivity (Wildman–Crippen MR) is 132 cm³/mol. The summed E-state index contributed by atoms with van der Waals surface area (Å²) in [5.41, 5.74) is 2.47. The van der Waals surface area contributed by atoms with Gasteiger partial charge in [0.25, 0.3) is 0 Å². The number of pyridine rings is 2. The molecule has 4 rings (SSSR count). The molecule has 2 aromatic heterocycles. The lowest BCUT2D eigenvalue weighted by molar-refractivity contribution is 0.161. The van der Waals surface area contributed by atoms with Crippen molar-refractivity contribution in [2.24, 2.45) is 5.41 Å². The first-order valence-corrected chi connectivity index (χ1v) is 12.2. The van der Waals surface area contributed by atoms with Crippen LogP contribution in [-0.4, -0.2) is 48.4 Å². The summed E-state index contributed by atoms with van der Waals surface area (Å²) >= 11 is 6.53. The first-order chi connectivity index (χ1) is 15.4. The molecule has 2 saturated carbocycles. The van der Waals surface area contributed by atoms with E-state index >= 15 is 0 Å². The molecule has 1 atom stereocenters. The van der Waals surface area contributed by atoms with Crippen molar-refractivity contribution in [2.45, 2.75) is 70.5 Å². The molecule has 32 heavy (non-hydrogen) atoms. The number of aromatic nitrogens is 2. The van der Waals surface area contributed by atoms with E-state index in [4.69, 9.17) is 16.3 Å². The van der Waals surface area contributed by atoms with Crippen LogP contribution in [0, 0.1) is 5.41 Å². The molecule has 2 fully saturated rings. The Kier molecular flexibility index (Phi) is 7.54. The van der Waals surface area contributed by atoms with Gasteiger partial charge in [0.05, 0.1) is 11.6 Å². The number of anilines is 2. The third-order valence-electron chi connectivity index (χ3n) is 6.74. The van der Waals surface area contributed by atoms with Crippen molar-refractivity contribution < 1.29 is 4.74 Å². The molecule has 0 saturated heterocycles. The minimum Gasteiger partial charge on any atom is -0.383 e. The minimum absolute atomic E-state index is 0.391. The van der Waals surface area contributed by atoms with E-state index in [0.717, 1.165) is 61.6 Å². The standard InChI is InChI=1S/C25H36ClN5O/c1-17(15-32-3)30-19-4-6-20(7-5-19)31-24-13-21(22(26)14-28-24)18-8-11-27-23(12-18)29-16-25(2)9-10-25/h8,11-14,17,19-20,30H,4-7,9-10,15-16H2,1-3H3,(H,27,29)(H,28,31). The van der Waals surface area contributed by atoms with Gasteiger partial charge >= 0.3 is 0 Å². The SMILES string of the molecule is COCC(C)NC1CCC(Nc2cc(-c3ccnc(NCC4(C)CC4)c3)c(Cl)cn2)CC1. The van der Waals surface area contributed by atoms with Gasteiger partial charge in [-0.3, -0.25) is 0 Å². The monoisotopic (exact) mass is 457 g/mol. The highest BCUT2D eigenvalue weighted by Crippen LogP contribution is 2.44. The molecule has 0 aromatic carbocycles. The lowest BCUT2D eigenvalue weighted by Crippen LogP contribution is -2.42. The molecule has 0 amide bonds. The van der Waals surface area contributed by atoms with Crippen molar-refractivity contribution >= 4 is 23.2 Å². The predicted octanol–water partition coefficient (Wildman–Crippen LogP) is 5.36. The van der Waals surface area contributed by atoms with E-state index in [1.54, 1.807) is 13.3 Å². The van der Waals surface area contributed by atoms with Crippen molar-refractivity contribution in [2.75, 3.05) is 30.9 Å². The summed E-state index contributed by atoms with van der Waals surface area (Å²) in [4.78, 5) is 9.02. The maximum atomic E-state index is 6.53. The van der Waals surface area contributed by atoms with Crippen LogP contribution < -0.4 is 16.0 Å². The summed E-state index contributed by atoms with van der Waals surface area (Å²) in [5.74, 6) is 1.77. The second kappa shape index (κ2) is 10.4. The molecule has 7 heteroatoms. The average molecular weight is 458 g/mol. The fourth-order valence-electron chi connectivity index (χ4n) is 4.44. The Hall–Kier alpha value is -1.89. The molecular formula is C25H36ClN5O. The van der Waals surface area contributed by atoms with Gasteiger partial charge < -0.3 is 20.7 Å². The molecule has 2 heterocycles. The van der Waals surface area contributed by atoms with Crippen LogP contribution >= 0.6 is 11.6 Å². The Labute approximate surface area is 196 Å². The van der Waals surface area contributed by atoms with E-state index in [9.17, 15) is 0 Å². The van der Waals surface area contributed by atoms with Crippen LogP contribution in [0.1, 0.15) is 52.4 Å². The number of ether oxygens (including phenoxy) is 1. The van der Waals surface area contributed by atoms with E-state index in [2.05, 4.69) is 51.9 Å². The molecule has 2 aliphatic rings. The zero-order valence-corrected chi connectivity index (χ0v) is 20.2. The van der Waals surface area contributed by atoms with Gasteiger partial charge in [-0.15, -0.1) is 0 Å². The lowest BCUT2D eigenvalue weighted by atomic mass is 9.90. The van der Waals surface area contributed by atoms with Gasteiger partial charge in [0.1, 0.15) is 11.6 Å². The molecule has 2 aromatic rings. The zero-order chi connectivity index (χ0) is 22.6. The molecule has 0 aliphatic heterocycles. The summed E-state index contributed by atoms with van der Waals surface area (Å²) in [6.07, 6.45) is 10.7. The first kappa shape index (κ1) is 23.3. The molecule has 1 unspecified atom stereocenters. The van der Waals surface area contributed by atoms with Crippen LogP contribution in [-0.2, 0) is 4.74 Å². The molecule has 2 aliphatic carbocycles. The average Bonchev–Trinajstić information content (AvgIpc) is 3.53. The van der Waals surface area contributed by atoms with Gasteiger partial charge in [-0.05, 0) is 74.6 Å². The normalized spacial score (nSPS) is 22.9. The van der Waals surface area contributed by atoms with Crippen LogP contribution in [0.5, 0.6) is 0 Å². The zero-order valence-electron chi connectivity index (χ0n) is 19.5.